The highest BCUT2D eigenvalue weighted by Gasteiger charge is 2.33. The minimum Gasteiger partial charge on any atom is -0.362 e. The first-order valence-corrected chi connectivity index (χ1v) is 12.6. The molecule has 6 nitrogen and oxygen atoms in total. The van der Waals surface area contributed by atoms with E-state index in [0.717, 1.165) is 34.6 Å². The molecule has 1 unspecified atom stereocenters. The lowest BCUT2D eigenvalue weighted by Crippen LogP contribution is -2.43. The van der Waals surface area contributed by atoms with Crippen LogP contribution in [0.2, 0.25) is 0 Å². The largest absolute Gasteiger partial charge is 0.362 e. The number of Topliss-reactive ketones (excluding diaryl/α,β-unsaturated/α-hetero) is 1. The summed E-state index contributed by atoms with van der Waals surface area (Å²) >= 11 is 0. The number of fused-ring (bicyclic) bond motifs is 1. The number of piperidine rings is 1. The summed E-state index contributed by atoms with van der Waals surface area (Å²) in [5.74, 6) is -3.12. The van der Waals surface area contributed by atoms with Gasteiger partial charge in [0.1, 0.15) is 5.78 Å². The van der Waals surface area contributed by atoms with Crippen LogP contribution in [0, 0.1) is 17.6 Å². The summed E-state index contributed by atoms with van der Waals surface area (Å²) in [5, 5.41) is 2.89. The first-order valence-electron chi connectivity index (χ1n) is 12.6. The highest BCUT2D eigenvalue weighted by Crippen LogP contribution is 2.34. The van der Waals surface area contributed by atoms with Gasteiger partial charge in [-0.2, -0.15) is 0 Å². The molecular weight excluding hydrogens is 488 g/mol. The van der Waals surface area contributed by atoms with Crippen LogP contribution in [0.15, 0.2) is 60.8 Å². The van der Waals surface area contributed by atoms with Crippen molar-refractivity contribution in [3.63, 3.8) is 0 Å². The highest BCUT2D eigenvalue weighted by molar-refractivity contribution is 6.34. The fourth-order valence-electron chi connectivity index (χ4n) is 4.92. The normalized spacial score (nSPS) is 18.3. The summed E-state index contributed by atoms with van der Waals surface area (Å²) in [5.41, 5.74) is 4.40. The highest BCUT2D eigenvalue weighted by atomic mass is 19.2. The van der Waals surface area contributed by atoms with Gasteiger partial charge in [-0.15, -0.1) is 0 Å². The van der Waals surface area contributed by atoms with Crippen molar-refractivity contribution in [1.29, 1.82) is 0 Å². The van der Waals surface area contributed by atoms with E-state index in [2.05, 4.69) is 10.3 Å². The molecule has 1 atom stereocenters. The van der Waals surface area contributed by atoms with E-state index in [-0.39, 0.29) is 30.6 Å². The van der Waals surface area contributed by atoms with Gasteiger partial charge in [0.05, 0.1) is 11.5 Å². The topological polar surface area (TPSA) is 82.3 Å². The number of likely N-dealkylation sites (tertiary alicyclic amines) is 1. The summed E-state index contributed by atoms with van der Waals surface area (Å²) in [7, 11) is 0. The summed E-state index contributed by atoms with van der Waals surface area (Å²) < 4.78 is 26.7. The lowest BCUT2D eigenvalue weighted by molar-refractivity contribution is -0.144. The molecular formula is C30H27F2N3O3. The van der Waals surface area contributed by atoms with E-state index in [4.69, 9.17) is 0 Å². The van der Waals surface area contributed by atoms with Crippen molar-refractivity contribution < 1.29 is 23.2 Å². The maximum absolute atomic E-state index is 13.5. The van der Waals surface area contributed by atoms with Crippen LogP contribution in [0.1, 0.15) is 48.1 Å². The van der Waals surface area contributed by atoms with E-state index in [1.54, 1.807) is 11.1 Å². The third-order valence-electron chi connectivity index (χ3n) is 6.89. The minimum absolute atomic E-state index is 0.116. The molecule has 8 heteroatoms. The molecule has 38 heavy (non-hydrogen) atoms. The first-order chi connectivity index (χ1) is 18.4. The van der Waals surface area contributed by atoms with Crippen molar-refractivity contribution in [3.05, 3.63) is 94.8 Å². The van der Waals surface area contributed by atoms with Crippen molar-refractivity contribution in [1.82, 2.24) is 9.88 Å². The Morgan fingerprint density at radius 2 is 1.95 bits per heavy atom. The van der Waals surface area contributed by atoms with Gasteiger partial charge in [0.15, 0.2) is 11.6 Å². The maximum atomic E-state index is 13.5. The number of halogens is 2. The smallest absolute Gasteiger partial charge is 0.256 e. The van der Waals surface area contributed by atoms with Gasteiger partial charge in [0.2, 0.25) is 5.91 Å². The second kappa shape index (κ2) is 11.0. The molecule has 0 bridgehead atoms. The number of nitrogens with zero attached hydrogens (tertiary/aromatic N) is 1. The van der Waals surface area contributed by atoms with Gasteiger partial charge in [-0.05, 0) is 66.8 Å². The first kappa shape index (κ1) is 25.3. The number of nitrogens with one attached hydrogen (secondary N) is 2. The van der Waals surface area contributed by atoms with Crippen LogP contribution >= 0.6 is 0 Å². The zero-order valence-corrected chi connectivity index (χ0v) is 20.7. The molecule has 2 N–H and O–H groups in total. The van der Waals surface area contributed by atoms with Gasteiger partial charge in [0, 0.05) is 42.7 Å². The van der Waals surface area contributed by atoms with Gasteiger partial charge in [-0.25, -0.2) is 8.78 Å². The predicted octanol–water partition coefficient (Wildman–Crippen LogP) is 5.59. The summed E-state index contributed by atoms with van der Waals surface area (Å²) in [6.07, 6.45) is 9.29. The molecule has 0 aliphatic carbocycles. The average Bonchev–Trinajstić information content (AvgIpc) is 3.53. The molecule has 0 spiro atoms. The minimum atomic E-state index is -0.953. The Morgan fingerprint density at radius 1 is 1.08 bits per heavy atom. The van der Waals surface area contributed by atoms with Crippen molar-refractivity contribution in [3.8, 4) is 0 Å². The zero-order chi connectivity index (χ0) is 26.6. The van der Waals surface area contributed by atoms with E-state index in [9.17, 15) is 23.2 Å². The van der Waals surface area contributed by atoms with Crippen molar-refractivity contribution in [2.24, 2.45) is 5.92 Å². The Hall–Kier alpha value is -4.33. The number of hydrogen-bond acceptors (Lipinski definition) is 3. The van der Waals surface area contributed by atoms with E-state index in [0.29, 0.717) is 36.9 Å². The molecule has 2 amide bonds. The lowest BCUT2D eigenvalue weighted by Gasteiger charge is -2.31. The van der Waals surface area contributed by atoms with Crippen LogP contribution < -0.4 is 5.32 Å². The number of allylic oxidation sites excluding steroid dienone is 1. The molecule has 3 aromatic rings. The third kappa shape index (κ3) is 5.49. The van der Waals surface area contributed by atoms with E-state index in [1.165, 1.54) is 6.07 Å². The number of hydrogen-bond donors (Lipinski definition) is 2. The second-order valence-electron chi connectivity index (χ2n) is 9.55. The molecule has 1 saturated heterocycles. The summed E-state index contributed by atoms with van der Waals surface area (Å²) in [4.78, 5) is 42.8. The van der Waals surface area contributed by atoms with Crippen molar-refractivity contribution in [2.45, 2.75) is 32.2 Å². The Balaban J connectivity index is 1.16. The van der Waals surface area contributed by atoms with Crippen molar-refractivity contribution >= 4 is 41.0 Å². The number of carbonyl (C=O) groups excluding carboxylic acids is 3. The molecule has 1 aromatic heterocycles. The molecule has 194 valence electrons. The number of aromatic amines is 1. The molecule has 3 heterocycles. The predicted molar refractivity (Wildman–Crippen MR) is 142 cm³/mol. The maximum Gasteiger partial charge on any atom is 0.256 e. The number of rotatable bonds is 8. The van der Waals surface area contributed by atoms with Gasteiger partial charge in [0.25, 0.3) is 5.91 Å². The van der Waals surface area contributed by atoms with Gasteiger partial charge < -0.3 is 15.2 Å². The average molecular weight is 516 g/mol. The molecule has 5 rings (SSSR count). The number of ketones is 1. The van der Waals surface area contributed by atoms with Crippen molar-refractivity contribution in [2.75, 3.05) is 11.9 Å². The molecule has 1 fully saturated rings. The molecule has 2 aromatic carbocycles. The van der Waals surface area contributed by atoms with E-state index < -0.39 is 17.6 Å². The number of carbonyl (C=O) groups is 3. The molecule has 2 aliphatic heterocycles. The number of amides is 2. The Bertz CT molecular complexity index is 1440. The van der Waals surface area contributed by atoms with E-state index >= 15 is 0 Å². The number of benzene rings is 2. The number of aromatic nitrogens is 1. The van der Waals surface area contributed by atoms with Crippen LogP contribution in [0.5, 0.6) is 0 Å². The molecule has 2 aliphatic rings. The molecule has 0 saturated carbocycles. The Kier molecular flexibility index (Phi) is 7.31. The van der Waals surface area contributed by atoms with Gasteiger partial charge >= 0.3 is 0 Å². The van der Waals surface area contributed by atoms with Crippen LogP contribution in [-0.2, 0) is 20.9 Å². The quantitative estimate of drug-likeness (QED) is 0.303. The van der Waals surface area contributed by atoms with E-state index in [1.807, 2.05) is 48.6 Å². The summed E-state index contributed by atoms with van der Waals surface area (Å²) in [6.45, 7) is 0.634. The van der Waals surface area contributed by atoms with Crippen LogP contribution in [-0.4, -0.2) is 34.0 Å². The fraction of sp³-hybridized carbons (Fsp3) is 0.233. The summed E-state index contributed by atoms with van der Waals surface area (Å²) in [6, 6.07) is 13.0. The zero-order valence-electron chi connectivity index (χ0n) is 20.7. The third-order valence-corrected chi connectivity index (χ3v) is 6.89. The van der Waals surface area contributed by atoms with Gasteiger partial charge in [-0.1, -0.05) is 30.4 Å². The second-order valence-corrected chi connectivity index (χ2v) is 9.55. The standard InChI is InChI=1S/C30H27F2N3O3/c31-25-12-10-20(15-26(25)32)18-35-14-4-7-23(30(35)38)28(36)8-2-1-5-19-9-11-22-24(17-21-6-3-13-33-21)29(37)34-27(22)16-19/h1,3,5-6,9-13,15-17,23,33H,2,4,7-8,14,18H2,(H,34,37)/b5-1+,24-17-. The fourth-order valence-corrected chi connectivity index (χ4v) is 4.92. The van der Waals surface area contributed by atoms with Crippen LogP contribution in [0.3, 0.4) is 0 Å². The Morgan fingerprint density at radius 3 is 2.74 bits per heavy atom. The number of anilines is 1. The van der Waals surface area contributed by atoms with Crippen LogP contribution in [0.4, 0.5) is 14.5 Å². The van der Waals surface area contributed by atoms with Gasteiger partial charge in [-0.3, -0.25) is 14.4 Å². The Labute approximate surface area is 219 Å². The SMILES string of the molecule is O=C1Nc2cc(/C=C/CCC(=O)C3CCCN(Cc4ccc(F)c(F)c4)C3=O)ccc2/C1=C/c1ccc[nH]1. The van der Waals surface area contributed by atoms with Crippen LogP contribution in [0.25, 0.3) is 17.7 Å². The lowest BCUT2D eigenvalue weighted by atomic mass is 9.90. The monoisotopic (exact) mass is 515 g/mol. The number of H-pyrrole nitrogens is 1. The molecule has 0 radical (unpaired) electrons.